The second kappa shape index (κ2) is 10.4. The van der Waals surface area contributed by atoms with Gasteiger partial charge in [0.05, 0.1) is 0 Å². The number of carbonyl (C=O) groups excluding carboxylic acids is 1. The summed E-state index contributed by atoms with van der Waals surface area (Å²) in [6.07, 6.45) is 6.47. The van der Waals surface area contributed by atoms with Crippen LogP contribution in [0.25, 0.3) is 0 Å². The minimum atomic E-state index is -0.0227. The molecule has 7 heteroatoms. The number of nitrogens with two attached hydrogens (primary N) is 1. The van der Waals surface area contributed by atoms with Crippen molar-refractivity contribution in [3.05, 3.63) is 54.4 Å². The molecule has 26 heavy (non-hydrogen) atoms. The second-order valence-corrected chi connectivity index (χ2v) is 6.23. The predicted molar refractivity (Wildman–Crippen MR) is 108 cm³/mol. The van der Waals surface area contributed by atoms with E-state index in [1.807, 2.05) is 30.0 Å². The fourth-order valence-electron chi connectivity index (χ4n) is 3.16. The quantitative estimate of drug-likeness (QED) is 0.844. The highest BCUT2D eigenvalue weighted by Gasteiger charge is 2.29. The van der Waals surface area contributed by atoms with Gasteiger partial charge in [-0.1, -0.05) is 6.07 Å². The van der Waals surface area contributed by atoms with Crippen LogP contribution >= 0.6 is 24.8 Å². The van der Waals surface area contributed by atoms with Crippen molar-refractivity contribution in [2.24, 2.45) is 5.73 Å². The van der Waals surface area contributed by atoms with Crippen molar-refractivity contribution >= 4 is 30.7 Å². The monoisotopic (exact) mass is 397 g/mol. The molecule has 3 rings (SSSR count). The Morgan fingerprint density at radius 3 is 2.62 bits per heavy atom. The van der Waals surface area contributed by atoms with E-state index in [2.05, 4.69) is 4.98 Å². The Morgan fingerprint density at radius 1 is 1.19 bits per heavy atom. The average molecular weight is 398 g/mol. The number of piperidine rings is 1. The maximum Gasteiger partial charge on any atom is 0.254 e. The van der Waals surface area contributed by atoms with Crippen LogP contribution in [-0.4, -0.2) is 34.4 Å². The number of hydrogen-bond donors (Lipinski definition) is 1. The predicted octanol–water partition coefficient (Wildman–Crippen LogP) is 4.06. The lowest BCUT2D eigenvalue weighted by Gasteiger charge is -2.38. The first-order valence-corrected chi connectivity index (χ1v) is 8.39. The van der Waals surface area contributed by atoms with Crippen molar-refractivity contribution in [2.45, 2.75) is 38.3 Å². The summed E-state index contributed by atoms with van der Waals surface area (Å²) in [7, 11) is 0. The molecule has 0 spiro atoms. The normalized spacial score (nSPS) is 17.5. The molecular formula is C19H25Cl2N3O2. The van der Waals surface area contributed by atoms with Gasteiger partial charge in [-0.05, 0) is 56.5 Å². The number of likely N-dealkylation sites (tertiary alicyclic amines) is 1. The number of halogens is 2. The Bertz CT molecular complexity index is 698. The first-order chi connectivity index (χ1) is 11.6. The Hall–Kier alpha value is -1.82. The van der Waals surface area contributed by atoms with Gasteiger partial charge in [-0.15, -0.1) is 24.8 Å². The van der Waals surface area contributed by atoms with E-state index in [-0.39, 0.29) is 42.8 Å². The van der Waals surface area contributed by atoms with Gasteiger partial charge in [-0.2, -0.15) is 0 Å². The summed E-state index contributed by atoms with van der Waals surface area (Å²) in [5.74, 6) is 1.36. The van der Waals surface area contributed by atoms with Gasteiger partial charge in [-0.3, -0.25) is 9.78 Å². The average Bonchev–Trinajstić information content (AvgIpc) is 2.62. The van der Waals surface area contributed by atoms with Crippen molar-refractivity contribution in [2.75, 3.05) is 6.54 Å². The lowest BCUT2D eigenvalue weighted by atomic mass is 9.96. The number of benzene rings is 1. The van der Waals surface area contributed by atoms with Crippen molar-refractivity contribution in [3.63, 3.8) is 0 Å². The summed E-state index contributed by atoms with van der Waals surface area (Å²) < 4.78 is 5.80. The molecule has 2 N–H and O–H groups in total. The van der Waals surface area contributed by atoms with Crippen molar-refractivity contribution in [1.29, 1.82) is 0 Å². The molecule has 0 radical (unpaired) electrons. The summed E-state index contributed by atoms with van der Waals surface area (Å²) in [5.41, 5.74) is 6.71. The summed E-state index contributed by atoms with van der Waals surface area (Å²) in [4.78, 5) is 18.8. The number of hydrogen-bond acceptors (Lipinski definition) is 4. The van der Waals surface area contributed by atoms with E-state index in [4.69, 9.17) is 10.5 Å². The van der Waals surface area contributed by atoms with E-state index >= 15 is 0 Å². The summed E-state index contributed by atoms with van der Waals surface area (Å²) in [6, 6.07) is 11.0. The fraction of sp³-hybridized carbons (Fsp3) is 0.368. The van der Waals surface area contributed by atoms with Crippen LogP contribution in [0.3, 0.4) is 0 Å². The Labute approximate surface area is 166 Å². The highest BCUT2D eigenvalue weighted by Crippen LogP contribution is 2.25. The molecular weight excluding hydrogens is 373 g/mol. The number of aromatic nitrogens is 1. The van der Waals surface area contributed by atoms with Gasteiger partial charge in [0.1, 0.15) is 11.5 Å². The maximum atomic E-state index is 12.9. The second-order valence-electron chi connectivity index (χ2n) is 6.23. The Morgan fingerprint density at radius 2 is 1.92 bits per heavy atom. The van der Waals surface area contributed by atoms with Gasteiger partial charge in [-0.25, -0.2) is 0 Å². The van der Waals surface area contributed by atoms with Crippen LogP contribution < -0.4 is 10.5 Å². The van der Waals surface area contributed by atoms with Crippen LogP contribution in [0.1, 0.15) is 36.5 Å². The molecule has 5 nitrogen and oxygen atoms in total. The summed E-state index contributed by atoms with van der Waals surface area (Å²) >= 11 is 0. The fourth-order valence-corrected chi connectivity index (χ4v) is 3.16. The molecule has 1 aromatic carbocycles. The van der Waals surface area contributed by atoms with Crippen LogP contribution in [0.4, 0.5) is 0 Å². The molecule has 1 aliphatic heterocycles. The van der Waals surface area contributed by atoms with Gasteiger partial charge in [0.15, 0.2) is 0 Å². The van der Waals surface area contributed by atoms with Crippen LogP contribution in [0.2, 0.25) is 0 Å². The Balaban J connectivity index is 0.00000169. The minimum absolute atomic E-state index is 0. The van der Waals surface area contributed by atoms with E-state index in [9.17, 15) is 4.79 Å². The molecule has 2 aromatic rings. The third-order valence-electron chi connectivity index (χ3n) is 4.38. The van der Waals surface area contributed by atoms with E-state index in [0.717, 1.165) is 25.8 Å². The zero-order valence-electron chi connectivity index (χ0n) is 14.7. The Kier molecular flexibility index (Phi) is 8.85. The number of rotatable bonds is 4. The van der Waals surface area contributed by atoms with Gasteiger partial charge in [0.2, 0.25) is 0 Å². The lowest BCUT2D eigenvalue weighted by molar-refractivity contribution is 0.0583. The molecule has 1 amide bonds. The van der Waals surface area contributed by atoms with Crippen LogP contribution in [0, 0.1) is 0 Å². The number of amides is 1. The van der Waals surface area contributed by atoms with E-state index in [1.54, 1.807) is 30.6 Å². The number of ether oxygens (including phenoxy) is 1. The van der Waals surface area contributed by atoms with Gasteiger partial charge in [0.25, 0.3) is 5.91 Å². The highest BCUT2D eigenvalue weighted by molar-refractivity contribution is 5.95. The third kappa shape index (κ3) is 5.34. The molecule has 0 bridgehead atoms. The molecule has 2 unspecified atom stereocenters. The first kappa shape index (κ1) is 22.2. The van der Waals surface area contributed by atoms with Crippen LogP contribution in [0.5, 0.6) is 11.5 Å². The molecule has 1 fully saturated rings. The van der Waals surface area contributed by atoms with Crippen LogP contribution in [-0.2, 0) is 0 Å². The van der Waals surface area contributed by atoms with Crippen molar-refractivity contribution in [1.82, 2.24) is 9.88 Å². The number of pyridine rings is 1. The molecule has 1 aliphatic rings. The van der Waals surface area contributed by atoms with E-state index < -0.39 is 0 Å². The van der Waals surface area contributed by atoms with Crippen LogP contribution in [0.15, 0.2) is 48.8 Å². The molecule has 1 saturated heterocycles. The zero-order chi connectivity index (χ0) is 16.9. The number of nitrogens with zero attached hydrogens (tertiary/aromatic N) is 2. The molecule has 0 aliphatic carbocycles. The largest absolute Gasteiger partial charge is 0.457 e. The lowest BCUT2D eigenvalue weighted by Crippen LogP contribution is -2.51. The molecule has 2 heterocycles. The number of carbonyl (C=O) groups is 1. The van der Waals surface area contributed by atoms with Crippen molar-refractivity contribution < 1.29 is 9.53 Å². The SMILES string of the molecule is CC(N)C1CCCCN1C(=O)c1cccc(Oc2ccncc2)c1.Cl.Cl. The van der Waals surface area contributed by atoms with E-state index in [1.165, 1.54) is 0 Å². The summed E-state index contributed by atoms with van der Waals surface area (Å²) in [5, 5.41) is 0. The standard InChI is InChI=1S/C19H23N3O2.2ClH/c1-14(20)18-7-2-3-12-22(18)19(23)15-5-4-6-17(13-15)24-16-8-10-21-11-9-16;;/h4-6,8-11,13-14,18H,2-3,7,12,20H2,1H3;2*1H. The molecule has 2 atom stereocenters. The summed E-state index contributed by atoms with van der Waals surface area (Å²) in [6.45, 7) is 2.74. The third-order valence-corrected chi connectivity index (χ3v) is 4.38. The smallest absolute Gasteiger partial charge is 0.254 e. The van der Waals surface area contributed by atoms with Crippen molar-refractivity contribution in [3.8, 4) is 11.5 Å². The first-order valence-electron chi connectivity index (χ1n) is 8.39. The van der Waals surface area contributed by atoms with Gasteiger partial charge < -0.3 is 15.4 Å². The molecule has 1 aromatic heterocycles. The molecule has 142 valence electrons. The zero-order valence-corrected chi connectivity index (χ0v) is 16.3. The highest BCUT2D eigenvalue weighted by atomic mass is 35.5. The van der Waals surface area contributed by atoms with E-state index in [0.29, 0.717) is 17.1 Å². The van der Waals surface area contributed by atoms with Gasteiger partial charge in [0, 0.05) is 36.6 Å². The van der Waals surface area contributed by atoms with Gasteiger partial charge >= 0.3 is 0 Å². The molecule has 0 saturated carbocycles. The topological polar surface area (TPSA) is 68.5 Å². The minimum Gasteiger partial charge on any atom is -0.457 e. The maximum absolute atomic E-state index is 12.9.